The molecule has 0 saturated heterocycles. The standard InChI is InChI=1S/C24H23F3N3/c1-14-10-17(29(3)4)12-19(15(14)2)23-20-11-16-8-6-7-9-18(16)21(24(25,26)27)22(20)28-13-30(23)5/h6-13H,1-5H3/q+1. The molecule has 3 nitrogen and oxygen atoms in total. The third-order valence-corrected chi connectivity index (χ3v) is 5.70. The molecule has 0 spiro atoms. The molecule has 6 heteroatoms. The lowest BCUT2D eigenvalue weighted by molar-refractivity contribution is -0.662. The Morgan fingerprint density at radius 2 is 1.67 bits per heavy atom. The molecule has 0 aliphatic carbocycles. The quantitative estimate of drug-likeness (QED) is 0.318. The number of hydrogen-bond donors (Lipinski definition) is 0. The van der Waals surface area contributed by atoms with Crippen LogP contribution in [0, 0.1) is 13.8 Å². The minimum atomic E-state index is -4.51. The largest absolute Gasteiger partial charge is 0.421 e. The number of rotatable bonds is 2. The molecule has 0 radical (unpaired) electrons. The summed E-state index contributed by atoms with van der Waals surface area (Å²) < 4.78 is 44.2. The lowest BCUT2D eigenvalue weighted by Gasteiger charge is -2.19. The van der Waals surface area contributed by atoms with Crippen molar-refractivity contribution in [1.29, 1.82) is 0 Å². The Labute approximate surface area is 173 Å². The van der Waals surface area contributed by atoms with E-state index in [1.54, 1.807) is 22.8 Å². The van der Waals surface area contributed by atoms with Crippen LogP contribution in [0.4, 0.5) is 18.9 Å². The number of benzene rings is 3. The van der Waals surface area contributed by atoms with Crippen LogP contribution in [-0.4, -0.2) is 19.1 Å². The number of fused-ring (bicyclic) bond motifs is 2. The van der Waals surface area contributed by atoms with E-state index in [9.17, 15) is 13.2 Å². The number of aromatic nitrogens is 2. The molecule has 0 aliphatic rings. The van der Waals surface area contributed by atoms with Crippen LogP contribution >= 0.6 is 0 Å². The maximum absolute atomic E-state index is 14.1. The molecule has 1 aromatic heterocycles. The van der Waals surface area contributed by atoms with E-state index in [-0.39, 0.29) is 10.9 Å². The van der Waals surface area contributed by atoms with Crippen LogP contribution < -0.4 is 9.47 Å². The van der Waals surface area contributed by atoms with Crippen molar-refractivity contribution in [3.63, 3.8) is 0 Å². The summed E-state index contributed by atoms with van der Waals surface area (Å²) in [5.41, 5.74) is 4.02. The number of halogens is 3. The topological polar surface area (TPSA) is 20.0 Å². The highest BCUT2D eigenvalue weighted by Crippen LogP contribution is 2.42. The SMILES string of the molecule is Cc1cc(N(C)C)cc(-c2c3cc4ccccc4c(C(F)(F)F)c3nc[n+]2C)c1C. The maximum atomic E-state index is 14.1. The molecule has 3 aromatic carbocycles. The molecular weight excluding hydrogens is 387 g/mol. The zero-order chi connectivity index (χ0) is 21.8. The third kappa shape index (κ3) is 3.16. The van der Waals surface area contributed by atoms with Crippen LogP contribution in [0.1, 0.15) is 16.7 Å². The predicted octanol–water partition coefficient (Wildman–Crippen LogP) is 5.58. The fourth-order valence-corrected chi connectivity index (χ4v) is 4.01. The van der Waals surface area contributed by atoms with E-state index >= 15 is 0 Å². The number of nitrogens with zero attached hydrogens (tertiary/aromatic N) is 3. The van der Waals surface area contributed by atoms with Crippen molar-refractivity contribution in [3.05, 3.63) is 65.5 Å². The molecule has 4 rings (SSSR count). The highest BCUT2D eigenvalue weighted by molar-refractivity contribution is 6.05. The highest BCUT2D eigenvalue weighted by Gasteiger charge is 2.38. The summed E-state index contributed by atoms with van der Waals surface area (Å²) in [6, 6.07) is 12.5. The van der Waals surface area contributed by atoms with E-state index < -0.39 is 11.7 Å². The molecule has 0 bridgehead atoms. The van der Waals surface area contributed by atoms with Gasteiger partial charge in [0, 0.05) is 25.3 Å². The third-order valence-electron chi connectivity index (χ3n) is 5.70. The molecule has 0 atom stereocenters. The first-order valence-electron chi connectivity index (χ1n) is 9.66. The lowest BCUT2D eigenvalue weighted by Crippen LogP contribution is -2.32. The fourth-order valence-electron chi connectivity index (χ4n) is 4.01. The molecule has 154 valence electrons. The zero-order valence-electron chi connectivity index (χ0n) is 17.6. The summed E-state index contributed by atoms with van der Waals surface area (Å²) >= 11 is 0. The van der Waals surface area contributed by atoms with Crippen LogP contribution in [0.25, 0.3) is 32.9 Å². The van der Waals surface area contributed by atoms with Crippen molar-refractivity contribution in [2.75, 3.05) is 19.0 Å². The van der Waals surface area contributed by atoms with Crippen molar-refractivity contribution >= 4 is 27.4 Å². The van der Waals surface area contributed by atoms with Gasteiger partial charge in [0.05, 0.1) is 12.4 Å². The smallest absolute Gasteiger partial charge is 0.378 e. The molecule has 1 heterocycles. The monoisotopic (exact) mass is 410 g/mol. The zero-order valence-corrected chi connectivity index (χ0v) is 17.6. The fraction of sp³-hybridized carbons (Fsp3) is 0.250. The number of aryl methyl sites for hydroxylation is 2. The lowest BCUT2D eigenvalue weighted by atomic mass is 9.93. The molecule has 0 N–H and O–H groups in total. The average Bonchev–Trinajstić information content (AvgIpc) is 2.67. The van der Waals surface area contributed by atoms with Gasteiger partial charge >= 0.3 is 6.18 Å². The molecule has 0 aliphatic heterocycles. The Hall–Kier alpha value is -3.15. The predicted molar refractivity (Wildman–Crippen MR) is 115 cm³/mol. The normalized spacial score (nSPS) is 12.0. The molecule has 30 heavy (non-hydrogen) atoms. The molecule has 0 fully saturated rings. The second-order valence-corrected chi connectivity index (χ2v) is 7.90. The molecule has 4 aromatic rings. The van der Waals surface area contributed by atoms with Crippen molar-refractivity contribution < 1.29 is 17.7 Å². The van der Waals surface area contributed by atoms with Crippen LogP contribution in [0.2, 0.25) is 0 Å². The summed E-state index contributed by atoms with van der Waals surface area (Å²) in [5, 5.41) is 1.20. The van der Waals surface area contributed by atoms with Crippen molar-refractivity contribution in [1.82, 2.24) is 4.98 Å². The van der Waals surface area contributed by atoms with Crippen LogP contribution in [-0.2, 0) is 13.2 Å². The molecular formula is C24H23F3N3+. The first kappa shape index (κ1) is 20.1. The second-order valence-electron chi connectivity index (χ2n) is 7.90. The molecule has 0 amide bonds. The van der Waals surface area contributed by atoms with Gasteiger partial charge < -0.3 is 4.90 Å². The van der Waals surface area contributed by atoms with Gasteiger partial charge in [0.2, 0.25) is 0 Å². The Bertz CT molecular complexity index is 1290. The van der Waals surface area contributed by atoms with E-state index in [1.165, 1.54) is 12.4 Å². The minimum Gasteiger partial charge on any atom is -0.378 e. The van der Waals surface area contributed by atoms with Gasteiger partial charge in [-0.25, -0.2) is 4.57 Å². The van der Waals surface area contributed by atoms with E-state index in [0.29, 0.717) is 10.8 Å². The number of hydrogen-bond acceptors (Lipinski definition) is 2. The van der Waals surface area contributed by atoms with Gasteiger partial charge in [0.25, 0.3) is 6.33 Å². The second kappa shape index (κ2) is 6.97. The van der Waals surface area contributed by atoms with E-state index in [0.717, 1.165) is 28.1 Å². The van der Waals surface area contributed by atoms with Crippen LogP contribution in [0.3, 0.4) is 0 Å². The first-order chi connectivity index (χ1) is 14.1. The van der Waals surface area contributed by atoms with Gasteiger partial charge in [0.1, 0.15) is 11.3 Å². The van der Waals surface area contributed by atoms with Gasteiger partial charge in [0.15, 0.2) is 5.52 Å². The van der Waals surface area contributed by atoms with Gasteiger partial charge in [-0.3, -0.25) is 0 Å². The first-order valence-corrected chi connectivity index (χ1v) is 9.66. The minimum absolute atomic E-state index is 0.0263. The highest BCUT2D eigenvalue weighted by atomic mass is 19.4. The van der Waals surface area contributed by atoms with Gasteiger partial charge in [-0.1, -0.05) is 24.3 Å². The van der Waals surface area contributed by atoms with Crippen LogP contribution in [0.15, 0.2) is 48.8 Å². The summed E-state index contributed by atoms with van der Waals surface area (Å²) in [5.74, 6) is 0. The molecule has 0 unspecified atom stereocenters. The summed E-state index contributed by atoms with van der Waals surface area (Å²) in [4.78, 5) is 6.22. The average molecular weight is 410 g/mol. The Balaban J connectivity index is 2.21. The van der Waals surface area contributed by atoms with Crippen LogP contribution in [0.5, 0.6) is 0 Å². The number of alkyl halides is 3. The summed E-state index contributed by atoms with van der Waals surface area (Å²) in [6.07, 6.45) is -3.04. The van der Waals surface area contributed by atoms with E-state index in [2.05, 4.69) is 11.1 Å². The Morgan fingerprint density at radius 3 is 2.33 bits per heavy atom. The maximum Gasteiger partial charge on any atom is 0.421 e. The summed E-state index contributed by atoms with van der Waals surface area (Å²) in [6.45, 7) is 4.02. The van der Waals surface area contributed by atoms with E-state index in [4.69, 9.17) is 0 Å². The van der Waals surface area contributed by atoms with Gasteiger partial charge in [-0.15, -0.1) is 0 Å². The summed E-state index contributed by atoms with van der Waals surface area (Å²) in [7, 11) is 5.73. The van der Waals surface area contributed by atoms with Crippen molar-refractivity contribution in [2.24, 2.45) is 7.05 Å². The van der Waals surface area contributed by atoms with Crippen molar-refractivity contribution in [3.8, 4) is 11.3 Å². The van der Waals surface area contributed by atoms with Crippen molar-refractivity contribution in [2.45, 2.75) is 20.0 Å². The Kier molecular flexibility index (Phi) is 4.68. The van der Waals surface area contributed by atoms with Gasteiger partial charge in [-0.2, -0.15) is 13.2 Å². The molecule has 0 saturated carbocycles. The Morgan fingerprint density at radius 1 is 0.967 bits per heavy atom. The number of anilines is 1. The van der Waals surface area contributed by atoms with Gasteiger partial charge in [-0.05, 0) is 58.9 Å². The van der Waals surface area contributed by atoms with E-state index in [1.807, 2.05) is 52.0 Å².